The summed E-state index contributed by atoms with van der Waals surface area (Å²) >= 11 is 6.03. The SMILES string of the molecule is CCC(=O)N1CC2CC(C1)N2C(C)=Cc1cccc(Cl)c1. The molecular formula is C17H21ClN2O. The molecule has 21 heavy (non-hydrogen) atoms. The van der Waals surface area contributed by atoms with E-state index < -0.39 is 0 Å². The molecule has 0 spiro atoms. The number of halogens is 1. The highest BCUT2D eigenvalue weighted by atomic mass is 35.5. The van der Waals surface area contributed by atoms with Crippen LogP contribution < -0.4 is 0 Å². The van der Waals surface area contributed by atoms with Gasteiger partial charge in [0.15, 0.2) is 0 Å². The molecular weight excluding hydrogens is 284 g/mol. The highest BCUT2D eigenvalue weighted by Gasteiger charge is 2.45. The number of rotatable bonds is 3. The van der Waals surface area contributed by atoms with Crippen LogP contribution in [0.3, 0.4) is 0 Å². The topological polar surface area (TPSA) is 23.6 Å². The summed E-state index contributed by atoms with van der Waals surface area (Å²) in [7, 11) is 0. The van der Waals surface area contributed by atoms with Crippen LogP contribution in [0.5, 0.6) is 0 Å². The summed E-state index contributed by atoms with van der Waals surface area (Å²) < 4.78 is 0. The zero-order valence-corrected chi connectivity index (χ0v) is 13.3. The fourth-order valence-corrected chi connectivity index (χ4v) is 3.72. The first kappa shape index (κ1) is 14.5. The third-order valence-corrected chi connectivity index (χ3v) is 4.71. The van der Waals surface area contributed by atoms with E-state index in [2.05, 4.69) is 24.0 Å². The molecule has 3 nitrogen and oxygen atoms in total. The number of amides is 1. The van der Waals surface area contributed by atoms with Crippen molar-refractivity contribution in [1.29, 1.82) is 0 Å². The van der Waals surface area contributed by atoms with Crippen molar-refractivity contribution >= 4 is 23.6 Å². The van der Waals surface area contributed by atoms with E-state index in [0.717, 1.165) is 23.7 Å². The fraction of sp³-hybridized carbons (Fsp3) is 0.471. The number of carbonyl (C=O) groups excluding carboxylic acids is 1. The minimum atomic E-state index is 0.279. The van der Waals surface area contributed by atoms with Gasteiger partial charge in [-0.05, 0) is 37.1 Å². The lowest BCUT2D eigenvalue weighted by molar-refractivity contribution is -0.140. The van der Waals surface area contributed by atoms with E-state index in [1.54, 1.807) is 0 Å². The number of allylic oxidation sites excluding steroid dienone is 1. The molecule has 112 valence electrons. The molecule has 3 aliphatic rings. The van der Waals surface area contributed by atoms with Crippen LogP contribution in [0.15, 0.2) is 30.0 Å². The summed E-state index contributed by atoms with van der Waals surface area (Å²) in [6, 6.07) is 8.87. The van der Waals surface area contributed by atoms with Gasteiger partial charge in [0.1, 0.15) is 0 Å². The number of piperazine rings is 1. The molecule has 4 rings (SSSR count). The number of nitrogens with zero attached hydrogens (tertiary/aromatic N) is 2. The van der Waals surface area contributed by atoms with Crippen molar-refractivity contribution in [3.8, 4) is 0 Å². The Kier molecular flexibility index (Phi) is 3.94. The summed E-state index contributed by atoms with van der Waals surface area (Å²) in [5.74, 6) is 0.279. The van der Waals surface area contributed by atoms with E-state index in [4.69, 9.17) is 11.6 Å². The van der Waals surface area contributed by atoms with Crippen LogP contribution in [0.25, 0.3) is 6.08 Å². The Balaban J connectivity index is 1.71. The van der Waals surface area contributed by atoms with Crippen molar-refractivity contribution < 1.29 is 4.79 Å². The molecule has 3 heterocycles. The number of piperidine rings is 1. The largest absolute Gasteiger partial charge is 0.365 e. The monoisotopic (exact) mass is 304 g/mol. The Morgan fingerprint density at radius 2 is 2.10 bits per heavy atom. The smallest absolute Gasteiger partial charge is 0.222 e. The summed E-state index contributed by atoms with van der Waals surface area (Å²) in [6.07, 6.45) is 3.99. The Morgan fingerprint density at radius 3 is 2.71 bits per heavy atom. The van der Waals surface area contributed by atoms with Crippen molar-refractivity contribution in [2.75, 3.05) is 13.1 Å². The van der Waals surface area contributed by atoms with Crippen molar-refractivity contribution in [2.24, 2.45) is 0 Å². The maximum absolute atomic E-state index is 11.8. The second-order valence-electron chi connectivity index (χ2n) is 5.94. The summed E-state index contributed by atoms with van der Waals surface area (Å²) in [5, 5.41) is 0.764. The van der Waals surface area contributed by atoms with E-state index >= 15 is 0 Å². The maximum Gasteiger partial charge on any atom is 0.222 e. The third-order valence-electron chi connectivity index (χ3n) is 4.48. The normalized spacial score (nSPS) is 24.8. The summed E-state index contributed by atoms with van der Waals surface area (Å²) in [5.41, 5.74) is 2.40. The van der Waals surface area contributed by atoms with Crippen molar-refractivity contribution in [3.63, 3.8) is 0 Å². The average molecular weight is 305 g/mol. The van der Waals surface area contributed by atoms with Gasteiger partial charge < -0.3 is 9.80 Å². The van der Waals surface area contributed by atoms with Crippen LogP contribution in [0.1, 0.15) is 32.3 Å². The molecule has 3 fully saturated rings. The molecule has 0 aromatic heterocycles. The van der Waals surface area contributed by atoms with Gasteiger partial charge in [-0.2, -0.15) is 0 Å². The van der Waals surface area contributed by atoms with Gasteiger partial charge in [-0.1, -0.05) is 30.7 Å². The number of hydrogen-bond donors (Lipinski definition) is 0. The van der Waals surface area contributed by atoms with Crippen LogP contribution in [0, 0.1) is 0 Å². The van der Waals surface area contributed by atoms with Crippen LogP contribution in [-0.2, 0) is 4.79 Å². The van der Waals surface area contributed by atoms with Crippen LogP contribution >= 0.6 is 11.6 Å². The zero-order valence-electron chi connectivity index (χ0n) is 12.6. The Hall–Kier alpha value is -1.48. The predicted molar refractivity (Wildman–Crippen MR) is 86.0 cm³/mol. The lowest BCUT2D eigenvalue weighted by Crippen LogP contribution is -2.68. The quantitative estimate of drug-likeness (QED) is 0.854. The minimum Gasteiger partial charge on any atom is -0.365 e. The van der Waals surface area contributed by atoms with Gasteiger partial charge in [-0.25, -0.2) is 0 Å². The molecule has 0 aliphatic carbocycles. The number of hydrogen-bond acceptors (Lipinski definition) is 2. The highest BCUT2D eigenvalue weighted by molar-refractivity contribution is 6.30. The van der Waals surface area contributed by atoms with E-state index in [1.165, 1.54) is 12.1 Å². The van der Waals surface area contributed by atoms with E-state index in [-0.39, 0.29) is 5.91 Å². The first-order chi connectivity index (χ1) is 10.1. The first-order valence-electron chi connectivity index (χ1n) is 7.58. The van der Waals surface area contributed by atoms with E-state index in [9.17, 15) is 4.79 Å². The number of benzene rings is 1. The molecule has 3 saturated heterocycles. The Bertz CT molecular complexity index is 572. The Labute approximate surface area is 131 Å². The van der Waals surface area contributed by atoms with Crippen LogP contribution in [-0.4, -0.2) is 40.9 Å². The Morgan fingerprint density at radius 1 is 1.38 bits per heavy atom. The predicted octanol–water partition coefficient (Wildman–Crippen LogP) is 3.40. The molecule has 1 amide bonds. The molecule has 1 aromatic carbocycles. The standard InChI is InChI=1S/C17H21ClN2O/c1-3-17(21)19-10-15-9-16(11-19)20(15)12(2)7-13-5-4-6-14(18)8-13/h4-8,15-16H,3,9-11H2,1-2H3. The second-order valence-corrected chi connectivity index (χ2v) is 6.38. The fourth-order valence-electron chi connectivity index (χ4n) is 3.52. The molecule has 2 unspecified atom stereocenters. The second kappa shape index (κ2) is 5.72. The average Bonchev–Trinajstić information content (AvgIpc) is 2.46. The molecule has 2 atom stereocenters. The van der Waals surface area contributed by atoms with E-state index in [0.29, 0.717) is 18.5 Å². The van der Waals surface area contributed by atoms with Crippen molar-refractivity contribution in [3.05, 3.63) is 40.5 Å². The minimum absolute atomic E-state index is 0.279. The van der Waals surface area contributed by atoms with Gasteiger partial charge in [0.2, 0.25) is 5.91 Å². The number of fused-ring (bicyclic) bond motifs is 2. The molecule has 3 aliphatic heterocycles. The first-order valence-corrected chi connectivity index (χ1v) is 7.96. The van der Waals surface area contributed by atoms with Gasteiger partial charge in [-0.15, -0.1) is 0 Å². The van der Waals surface area contributed by atoms with Gasteiger partial charge in [0.05, 0.1) is 0 Å². The van der Waals surface area contributed by atoms with Gasteiger partial charge >= 0.3 is 0 Å². The van der Waals surface area contributed by atoms with Gasteiger partial charge in [-0.3, -0.25) is 4.79 Å². The summed E-state index contributed by atoms with van der Waals surface area (Å²) in [4.78, 5) is 16.3. The van der Waals surface area contributed by atoms with Crippen molar-refractivity contribution in [1.82, 2.24) is 9.80 Å². The molecule has 2 bridgehead atoms. The number of carbonyl (C=O) groups is 1. The summed E-state index contributed by atoms with van der Waals surface area (Å²) in [6.45, 7) is 5.82. The zero-order chi connectivity index (χ0) is 15.0. The third kappa shape index (κ3) is 2.80. The maximum atomic E-state index is 11.8. The molecule has 0 radical (unpaired) electrons. The molecule has 0 N–H and O–H groups in total. The lowest BCUT2D eigenvalue weighted by Gasteiger charge is -2.58. The van der Waals surface area contributed by atoms with Gasteiger partial charge in [0, 0.05) is 42.3 Å². The molecule has 1 aromatic rings. The van der Waals surface area contributed by atoms with Crippen molar-refractivity contribution in [2.45, 2.75) is 38.8 Å². The molecule has 0 saturated carbocycles. The van der Waals surface area contributed by atoms with E-state index in [1.807, 2.05) is 30.0 Å². The van der Waals surface area contributed by atoms with Crippen LogP contribution in [0.2, 0.25) is 5.02 Å². The molecule has 4 heteroatoms. The lowest BCUT2D eigenvalue weighted by atomic mass is 9.86. The van der Waals surface area contributed by atoms with Gasteiger partial charge in [0.25, 0.3) is 0 Å². The van der Waals surface area contributed by atoms with Crippen LogP contribution in [0.4, 0.5) is 0 Å². The highest BCUT2D eigenvalue weighted by Crippen LogP contribution is 2.36.